The summed E-state index contributed by atoms with van der Waals surface area (Å²) in [4.78, 5) is 11.3. The maximum Gasteiger partial charge on any atom is 0.230 e. The molecule has 1 aliphatic heterocycles. The van der Waals surface area contributed by atoms with Crippen LogP contribution >= 0.6 is 11.8 Å². The van der Waals surface area contributed by atoms with Crippen molar-refractivity contribution < 1.29 is 18.3 Å². The predicted molar refractivity (Wildman–Crippen MR) is 64.2 cm³/mol. The maximum atomic E-state index is 11.3. The highest BCUT2D eigenvalue weighted by atomic mass is 32.2. The van der Waals surface area contributed by atoms with Gasteiger partial charge in [0.05, 0.1) is 17.3 Å². The van der Waals surface area contributed by atoms with E-state index >= 15 is 0 Å². The Kier molecular flexibility index (Phi) is 5.57. The van der Waals surface area contributed by atoms with Gasteiger partial charge < -0.3 is 10.4 Å². The normalized spacial score (nSPS) is 23.2. The van der Waals surface area contributed by atoms with Gasteiger partial charge in [-0.05, 0) is 12.8 Å². The van der Waals surface area contributed by atoms with Gasteiger partial charge in [-0.25, -0.2) is 8.42 Å². The Morgan fingerprint density at radius 1 is 1.50 bits per heavy atom. The van der Waals surface area contributed by atoms with Crippen LogP contribution in [-0.2, 0) is 14.6 Å². The van der Waals surface area contributed by atoms with E-state index in [1.807, 2.05) is 0 Å². The number of thioether (sulfide) groups is 1. The summed E-state index contributed by atoms with van der Waals surface area (Å²) < 4.78 is 22.3. The summed E-state index contributed by atoms with van der Waals surface area (Å²) in [6, 6.07) is 0. The van der Waals surface area contributed by atoms with Crippen LogP contribution in [0.3, 0.4) is 0 Å². The Morgan fingerprint density at radius 2 is 2.25 bits per heavy atom. The third-order valence-corrected chi connectivity index (χ3v) is 5.58. The topological polar surface area (TPSA) is 83.5 Å². The lowest BCUT2D eigenvalue weighted by Crippen LogP contribution is -2.27. The summed E-state index contributed by atoms with van der Waals surface area (Å²) in [6.07, 6.45) is 1.20. The van der Waals surface area contributed by atoms with Gasteiger partial charge in [-0.2, -0.15) is 0 Å². The van der Waals surface area contributed by atoms with E-state index < -0.39 is 9.84 Å². The zero-order valence-electron chi connectivity index (χ0n) is 9.02. The van der Waals surface area contributed by atoms with Gasteiger partial charge in [0.15, 0.2) is 9.84 Å². The van der Waals surface area contributed by atoms with Gasteiger partial charge in [0.25, 0.3) is 0 Å². The van der Waals surface area contributed by atoms with Gasteiger partial charge in [0.2, 0.25) is 5.91 Å². The highest BCUT2D eigenvalue weighted by Crippen LogP contribution is 2.23. The smallest absolute Gasteiger partial charge is 0.230 e. The van der Waals surface area contributed by atoms with E-state index in [1.165, 1.54) is 11.8 Å². The molecule has 94 valence electrons. The summed E-state index contributed by atoms with van der Waals surface area (Å²) >= 11 is 1.40. The second-order valence-corrected chi connectivity index (χ2v) is 7.28. The van der Waals surface area contributed by atoms with Crippen LogP contribution in [0.5, 0.6) is 0 Å². The van der Waals surface area contributed by atoms with Crippen molar-refractivity contribution in [2.24, 2.45) is 0 Å². The molecule has 1 rings (SSSR count). The quantitative estimate of drug-likeness (QED) is 0.628. The molecule has 16 heavy (non-hydrogen) atoms. The molecule has 0 aromatic heterocycles. The van der Waals surface area contributed by atoms with E-state index in [0.29, 0.717) is 25.1 Å². The van der Waals surface area contributed by atoms with Crippen LogP contribution in [0.1, 0.15) is 12.8 Å². The van der Waals surface area contributed by atoms with Crippen molar-refractivity contribution in [2.75, 3.05) is 30.4 Å². The molecule has 0 bridgehead atoms. The monoisotopic (exact) mass is 267 g/mol. The lowest BCUT2D eigenvalue weighted by molar-refractivity contribution is -0.118. The van der Waals surface area contributed by atoms with Crippen molar-refractivity contribution in [1.29, 1.82) is 0 Å². The zero-order valence-corrected chi connectivity index (χ0v) is 10.6. The molecular weight excluding hydrogens is 250 g/mol. The molecule has 1 fully saturated rings. The fourth-order valence-corrected chi connectivity index (χ4v) is 4.92. The fourth-order valence-electron chi connectivity index (χ4n) is 1.44. The molecule has 0 saturated carbocycles. The third kappa shape index (κ3) is 5.18. The molecule has 1 aliphatic rings. The average molecular weight is 267 g/mol. The van der Waals surface area contributed by atoms with Crippen molar-refractivity contribution >= 4 is 27.5 Å². The Hall–Kier alpha value is -0.270. The number of rotatable bonds is 6. The Balaban J connectivity index is 2.13. The summed E-state index contributed by atoms with van der Waals surface area (Å²) in [6.45, 7) is 0.535. The van der Waals surface area contributed by atoms with Crippen LogP contribution in [0.15, 0.2) is 0 Å². The van der Waals surface area contributed by atoms with Crippen molar-refractivity contribution in [1.82, 2.24) is 5.32 Å². The lowest BCUT2D eigenvalue weighted by atomic mass is 10.4. The standard InChI is InChI=1S/C9H17NO4S2/c11-4-1-3-10-9(12)6-15-8-2-5-16(13,14)7-8/h8,11H,1-7H2,(H,10,12). The first-order chi connectivity index (χ1) is 7.53. The molecular formula is C9H17NO4S2. The molecule has 1 unspecified atom stereocenters. The number of sulfone groups is 1. The second kappa shape index (κ2) is 6.46. The molecule has 1 heterocycles. The van der Waals surface area contributed by atoms with E-state index in [4.69, 9.17) is 5.11 Å². The Bertz CT molecular complexity index is 328. The number of nitrogens with one attached hydrogen (secondary N) is 1. The van der Waals surface area contributed by atoms with Crippen molar-refractivity contribution in [3.63, 3.8) is 0 Å². The van der Waals surface area contributed by atoms with Crippen molar-refractivity contribution in [3.05, 3.63) is 0 Å². The molecule has 7 heteroatoms. The molecule has 0 aromatic carbocycles. The summed E-state index contributed by atoms with van der Waals surface area (Å²) in [7, 11) is -2.85. The van der Waals surface area contributed by atoms with E-state index in [2.05, 4.69) is 5.32 Å². The minimum atomic E-state index is -2.85. The summed E-state index contributed by atoms with van der Waals surface area (Å²) in [5.41, 5.74) is 0. The highest BCUT2D eigenvalue weighted by Gasteiger charge is 2.28. The van der Waals surface area contributed by atoms with Gasteiger partial charge in [0.1, 0.15) is 0 Å². The van der Waals surface area contributed by atoms with Crippen molar-refractivity contribution in [2.45, 2.75) is 18.1 Å². The Morgan fingerprint density at radius 3 is 2.81 bits per heavy atom. The van der Waals surface area contributed by atoms with E-state index in [9.17, 15) is 13.2 Å². The van der Waals surface area contributed by atoms with E-state index in [0.717, 1.165) is 0 Å². The molecule has 1 amide bonds. The van der Waals surface area contributed by atoms with Crippen LogP contribution in [0.2, 0.25) is 0 Å². The number of aliphatic hydroxyl groups excluding tert-OH is 1. The Labute approximate surface area is 99.9 Å². The number of amides is 1. The molecule has 1 atom stereocenters. The van der Waals surface area contributed by atoms with Gasteiger partial charge in [0, 0.05) is 18.4 Å². The molecule has 5 nitrogen and oxygen atoms in total. The second-order valence-electron chi connectivity index (χ2n) is 3.76. The van der Waals surface area contributed by atoms with Gasteiger partial charge in [-0.1, -0.05) is 0 Å². The molecule has 0 spiro atoms. The SMILES string of the molecule is O=C(CSC1CCS(=O)(=O)C1)NCCCO. The zero-order chi connectivity index (χ0) is 12.0. The van der Waals surface area contributed by atoms with Gasteiger partial charge in [-0.15, -0.1) is 11.8 Å². The fraction of sp³-hybridized carbons (Fsp3) is 0.889. The van der Waals surface area contributed by atoms with Crippen LogP contribution in [0.4, 0.5) is 0 Å². The molecule has 0 aromatic rings. The number of carbonyl (C=O) groups excluding carboxylic acids is 1. The third-order valence-electron chi connectivity index (χ3n) is 2.30. The number of hydrogen-bond acceptors (Lipinski definition) is 5. The van der Waals surface area contributed by atoms with Crippen molar-refractivity contribution in [3.8, 4) is 0 Å². The number of aliphatic hydroxyl groups is 1. The minimum absolute atomic E-state index is 0.0635. The summed E-state index contributed by atoms with van der Waals surface area (Å²) in [5.74, 6) is 0.645. The first-order valence-corrected chi connectivity index (χ1v) is 8.10. The first kappa shape index (κ1) is 13.8. The average Bonchev–Trinajstić information content (AvgIpc) is 2.56. The van der Waals surface area contributed by atoms with Gasteiger partial charge in [-0.3, -0.25) is 4.79 Å². The maximum absolute atomic E-state index is 11.3. The molecule has 0 aliphatic carbocycles. The molecule has 1 saturated heterocycles. The minimum Gasteiger partial charge on any atom is -0.396 e. The van der Waals surface area contributed by atoms with E-state index in [-0.39, 0.29) is 29.3 Å². The highest BCUT2D eigenvalue weighted by molar-refractivity contribution is 8.02. The van der Waals surface area contributed by atoms with Crippen LogP contribution in [0, 0.1) is 0 Å². The summed E-state index contributed by atoms with van der Waals surface area (Å²) in [5, 5.41) is 11.2. The molecule has 0 radical (unpaired) electrons. The van der Waals surface area contributed by atoms with Crippen LogP contribution in [0.25, 0.3) is 0 Å². The van der Waals surface area contributed by atoms with Gasteiger partial charge >= 0.3 is 0 Å². The number of hydrogen-bond donors (Lipinski definition) is 2. The lowest BCUT2D eigenvalue weighted by Gasteiger charge is -2.07. The predicted octanol–water partition coefficient (Wildman–Crippen LogP) is -0.595. The van der Waals surface area contributed by atoms with E-state index in [1.54, 1.807) is 0 Å². The largest absolute Gasteiger partial charge is 0.396 e. The van der Waals surface area contributed by atoms with Crippen LogP contribution in [-0.4, -0.2) is 55.1 Å². The molecule has 2 N–H and O–H groups in total. The number of carbonyl (C=O) groups is 1. The van der Waals surface area contributed by atoms with Crippen LogP contribution < -0.4 is 5.32 Å². The first-order valence-electron chi connectivity index (χ1n) is 5.23.